The highest BCUT2D eigenvalue weighted by molar-refractivity contribution is 5.27. The van der Waals surface area contributed by atoms with Crippen molar-refractivity contribution in [1.82, 2.24) is 0 Å². The molecule has 94 valence electrons. The maximum atomic E-state index is 10.7. The fraction of sp³-hybridized carbons (Fsp3) is 0.600. The Hall–Kier alpha value is -0.860. The van der Waals surface area contributed by atoms with Crippen molar-refractivity contribution in [1.29, 1.82) is 0 Å². The van der Waals surface area contributed by atoms with E-state index in [4.69, 9.17) is 4.74 Å². The average molecular weight is 234 g/mol. The quantitative estimate of drug-likeness (QED) is 0.871. The summed E-state index contributed by atoms with van der Waals surface area (Å²) in [4.78, 5) is 0. The van der Waals surface area contributed by atoms with E-state index in [0.717, 1.165) is 32.1 Å². The van der Waals surface area contributed by atoms with E-state index in [-0.39, 0.29) is 6.10 Å². The van der Waals surface area contributed by atoms with Crippen LogP contribution in [-0.2, 0) is 11.2 Å². The van der Waals surface area contributed by atoms with Gasteiger partial charge in [-0.2, -0.15) is 0 Å². The molecule has 0 saturated heterocycles. The van der Waals surface area contributed by atoms with Crippen molar-refractivity contribution < 1.29 is 9.84 Å². The van der Waals surface area contributed by atoms with E-state index in [2.05, 4.69) is 19.1 Å². The Morgan fingerprint density at radius 3 is 2.88 bits per heavy atom. The van der Waals surface area contributed by atoms with Crippen molar-refractivity contribution in [3.63, 3.8) is 0 Å². The van der Waals surface area contributed by atoms with Crippen LogP contribution >= 0.6 is 0 Å². The molecule has 2 rings (SSSR count). The summed E-state index contributed by atoms with van der Waals surface area (Å²) in [6.45, 7) is 2.11. The molecule has 1 N–H and O–H groups in total. The SMILES string of the molecule is COC1CCCC(O)(Cc2ccccc2C)C1. The number of hydrogen-bond donors (Lipinski definition) is 1. The topological polar surface area (TPSA) is 29.5 Å². The van der Waals surface area contributed by atoms with E-state index in [1.54, 1.807) is 7.11 Å². The van der Waals surface area contributed by atoms with Crippen molar-refractivity contribution in [2.24, 2.45) is 0 Å². The summed E-state index contributed by atoms with van der Waals surface area (Å²) in [5, 5.41) is 10.7. The lowest BCUT2D eigenvalue weighted by Gasteiger charge is -2.36. The molecule has 2 atom stereocenters. The maximum absolute atomic E-state index is 10.7. The van der Waals surface area contributed by atoms with Gasteiger partial charge in [-0.3, -0.25) is 0 Å². The largest absolute Gasteiger partial charge is 0.389 e. The first-order valence-electron chi connectivity index (χ1n) is 6.43. The maximum Gasteiger partial charge on any atom is 0.0712 e. The van der Waals surface area contributed by atoms with Crippen molar-refractivity contribution in [2.45, 2.75) is 50.7 Å². The molecule has 2 nitrogen and oxygen atoms in total. The molecule has 0 radical (unpaired) electrons. The van der Waals surface area contributed by atoms with Gasteiger partial charge < -0.3 is 9.84 Å². The lowest BCUT2D eigenvalue weighted by Crippen LogP contribution is -2.40. The number of benzene rings is 1. The van der Waals surface area contributed by atoms with Crippen LogP contribution in [0.4, 0.5) is 0 Å². The molecule has 1 aromatic carbocycles. The highest BCUT2D eigenvalue weighted by atomic mass is 16.5. The Bertz CT molecular complexity index is 375. The second-order valence-corrected chi connectivity index (χ2v) is 5.28. The highest BCUT2D eigenvalue weighted by Crippen LogP contribution is 2.33. The molecule has 2 unspecified atom stereocenters. The lowest BCUT2D eigenvalue weighted by molar-refractivity contribution is -0.0582. The summed E-state index contributed by atoms with van der Waals surface area (Å²) >= 11 is 0. The number of ether oxygens (including phenoxy) is 1. The van der Waals surface area contributed by atoms with E-state index in [0.29, 0.717) is 0 Å². The molecule has 0 spiro atoms. The molecular weight excluding hydrogens is 212 g/mol. The molecule has 0 bridgehead atoms. The van der Waals surface area contributed by atoms with Crippen molar-refractivity contribution in [3.05, 3.63) is 35.4 Å². The fourth-order valence-corrected chi connectivity index (χ4v) is 2.81. The van der Waals surface area contributed by atoms with E-state index in [9.17, 15) is 5.11 Å². The van der Waals surface area contributed by atoms with Gasteiger partial charge in [-0.1, -0.05) is 24.3 Å². The van der Waals surface area contributed by atoms with E-state index in [1.807, 2.05) is 12.1 Å². The Balaban J connectivity index is 2.09. The molecular formula is C15H22O2. The molecule has 1 aliphatic carbocycles. The lowest BCUT2D eigenvalue weighted by atomic mass is 9.78. The molecule has 17 heavy (non-hydrogen) atoms. The minimum atomic E-state index is -0.578. The summed E-state index contributed by atoms with van der Waals surface area (Å²) in [6, 6.07) is 8.31. The average Bonchev–Trinajstić information content (AvgIpc) is 2.32. The summed E-state index contributed by atoms with van der Waals surface area (Å²) in [6.07, 6.45) is 4.75. The van der Waals surface area contributed by atoms with Crippen LogP contribution in [0.2, 0.25) is 0 Å². The zero-order valence-corrected chi connectivity index (χ0v) is 10.8. The third kappa shape index (κ3) is 3.08. The monoisotopic (exact) mass is 234 g/mol. The number of aliphatic hydroxyl groups is 1. The van der Waals surface area contributed by atoms with Crippen LogP contribution in [-0.4, -0.2) is 23.9 Å². The summed E-state index contributed by atoms with van der Waals surface area (Å²) < 4.78 is 5.39. The zero-order valence-electron chi connectivity index (χ0n) is 10.8. The van der Waals surface area contributed by atoms with Gasteiger partial charge in [0.25, 0.3) is 0 Å². The smallest absolute Gasteiger partial charge is 0.0712 e. The van der Waals surface area contributed by atoms with Gasteiger partial charge in [-0.25, -0.2) is 0 Å². The molecule has 0 aliphatic heterocycles. The van der Waals surface area contributed by atoms with Gasteiger partial charge in [-0.15, -0.1) is 0 Å². The van der Waals surface area contributed by atoms with Gasteiger partial charge in [0.05, 0.1) is 11.7 Å². The minimum absolute atomic E-state index is 0.220. The first kappa shape index (κ1) is 12.6. The molecule has 1 aliphatic rings. The fourth-order valence-electron chi connectivity index (χ4n) is 2.81. The highest BCUT2D eigenvalue weighted by Gasteiger charge is 2.34. The van der Waals surface area contributed by atoms with Crippen molar-refractivity contribution in [2.75, 3.05) is 7.11 Å². The van der Waals surface area contributed by atoms with Crippen LogP contribution in [0.1, 0.15) is 36.8 Å². The number of aryl methyl sites for hydroxylation is 1. The minimum Gasteiger partial charge on any atom is -0.389 e. The third-order valence-electron chi connectivity index (χ3n) is 3.89. The molecule has 1 saturated carbocycles. The Kier molecular flexibility index (Phi) is 3.85. The molecule has 0 amide bonds. The van der Waals surface area contributed by atoms with Gasteiger partial charge in [0, 0.05) is 20.0 Å². The second kappa shape index (κ2) is 5.19. The first-order valence-corrected chi connectivity index (χ1v) is 6.43. The molecule has 0 aromatic heterocycles. The van der Waals surface area contributed by atoms with Crippen LogP contribution in [0.25, 0.3) is 0 Å². The standard InChI is InChI=1S/C15H22O2/c1-12-6-3-4-7-13(12)10-15(16)9-5-8-14(11-15)17-2/h3-4,6-7,14,16H,5,8-11H2,1-2H3. The Morgan fingerprint density at radius 2 is 2.18 bits per heavy atom. The van der Waals surface area contributed by atoms with Crippen LogP contribution in [0, 0.1) is 6.92 Å². The summed E-state index contributed by atoms with van der Waals surface area (Å²) in [5.74, 6) is 0. The van der Waals surface area contributed by atoms with Crippen LogP contribution < -0.4 is 0 Å². The normalized spacial score (nSPS) is 29.2. The molecule has 1 aromatic rings. The van der Waals surface area contributed by atoms with Gasteiger partial charge in [0.2, 0.25) is 0 Å². The first-order chi connectivity index (χ1) is 8.13. The Labute approximate surface area is 104 Å². The second-order valence-electron chi connectivity index (χ2n) is 5.28. The third-order valence-corrected chi connectivity index (χ3v) is 3.89. The molecule has 2 heteroatoms. The number of hydrogen-bond acceptors (Lipinski definition) is 2. The predicted octanol–water partition coefficient (Wildman–Crippen LogP) is 2.86. The van der Waals surface area contributed by atoms with Gasteiger partial charge >= 0.3 is 0 Å². The molecule has 1 fully saturated rings. The van der Waals surface area contributed by atoms with Gasteiger partial charge in [0.1, 0.15) is 0 Å². The van der Waals surface area contributed by atoms with E-state index in [1.165, 1.54) is 11.1 Å². The van der Waals surface area contributed by atoms with Crippen LogP contribution in [0.3, 0.4) is 0 Å². The molecule has 0 heterocycles. The van der Waals surface area contributed by atoms with Crippen molar-refractivity contribution >= 4 is 0 Å². The summed E-state index contributed by atoms with van der Waals surface area (Å²) in [7, 11) is 1.74. The van der Waals surface area contributed by atoms with E-state index >= 15 is 0 Å². The number of rotatable bonds is 3. The van der Waals surface area contributed by atoms with E-state index < -0.39 is 5.60 Å². The van der Waals surface area contributed by atoms with Crippen LogP contribution in [0.5, 0.6) is 0 Å². The van der Waals surface area contributed by atoms with Gasteiger partial charge in [0.15, 0.2) is 0 Å². The van der Waals surface area contributed by atoms with Gasteiger partial charge in [-0.05, 0) is 37.3 Å². The predicted molar refractivity (Wildman–Crippen MR) is 69.1 cm³/mol. The Morgan fingerprint density at radius 1 is 1.41 bits per heavy atom. The van der Waals surface area contributed by atoms with Crippen molar-refractivity contribution in [3.8, 4) is 0 Å². The van der Waals surface area contributed by atoms with Crippen LogP contribution in [0.15, 0.2) is 24.3 Å². The summed E-state index contributed by atoms with van der Waals surface area (Å²) in [5.41, 5.74) is 1.94. The zero-order chi connectivity index (χ0) is 12.3. The number of methoxy groups -OCH3 is 1.